The maximum atomic E-state index is 13.0. The summed E-state index contributed by atoms with van der Waals surface area (Å²) in [6.45, 7) is 6.07. The number of halogens is 4. The highest BCUT2D eigenvalue weighted by Crippen LogP contribution is 2.36. The molecule has 0 aromatic heterocycles. The van der Waals surface area contributed by atoms with Crippen molar-refractivity contribution >= 4 is 34.6 Å². The second-order valence-corrected chi connectivity index (χ2v) is 6.93. The fourth-order valence-electron chi connectivity index (χ4n) is 2.76. The molecule has 0 fully saturated rings. The summed E-state index contributed by atoms with van der Waals surface area (Å²) in [5.74, 6) is 0. The van der Waals surface area contributed by atoms with Crippen molar-refractivity contribution in [3.8, 4) is 0 Å². The molecular weight excluding hydrogens is 381 g/mol. The fraction of sp³-hybridized carbons (Fsp3) is 0.316. The number of benzene rings is 2. The van der Waals surface area contributed by atoms with Gasteiger partial charge in [-0.2, -0.15) is 13.2 Å². The highest BCUT2D eigenvalue weighted by atomic mass is 35.5. The van der Waals surface area contributed by atoms with Crippen LogP contribution in [0.2, 0.25) is 5.02 Å². The van der Waals surface area contributed by atoms with Crippen LogP contribution < -0.4 is 10.6 Å². The van der Waals surface area contributed by atoms with Crippen molar-refractivity contribution in [2.75, 3.05) is 5.32 Å². The molecule has 2 rings (SSSR count). The summed E-state index contributed by atoms with van der Waals surface area (Å²) >= 11 is 10.9. The lowest BCUT2D eigenvalue weighted by Gasteiger charge is -2.22. The third kappa shape index (κ3) is 5.11. The van der Waals surface area contributed by atoms with Gasteiger partial charge in [-0.15, -0.1) is 0 Å². The van der Waals surface area contributed by atoms with E-state index in [1.165, 1.54) is 17.7 Å². The smallest absolute Gasteiger partial charge is 0.356 e. The molecule has 0 aliphatic carbocycles. The zero-order valence-corrected chi connectivity index (χ0v) is 16.2. The summed E-state index contributed by atoms with van der Waals surface area (Å²) in [4.78, 5) is 0. The van der Waals surface area contributed by atoms with Gasteiger partial charge in [0.1, 0.15) is 0 Å². The molecule has 1 atom stereocenters. The lowest BCUT2D eigenvalue weighted by Crippen LogP contribution is -2.32. The van der Waals surface area contributed by atoms with Gasteiger partial charge < -0.3 is 10.6 Å². The van der Waals surface area contributed by atoms with Gasteiger partial charge in [0.15, 0.2) is 5.11 Å². The standard InChI is InChI=1S/C19H20ClF3N2S/c1-4-17(14-7-5-11(2)9-12(14)3)25-18(26)24-13-6-8-16(20)15(10-13)19(21,22)23/h5-10,17H,4H2,1-3H3,(H2,24,25,26). The monoisotopic (exact) mass is 400 g/mol. The van der Waals surface area contributed by atoms with Crippen LogP contribution in [0.5, 0.6) is 0 Å². The topological polar surface area (TPSA) is 24.1 Å². The molecule has 26 heavy (non-hydrogen) atoms. The van der Waals surface area contributed by atoms with Crippen LogP contribution in [0.3, 0.4) is 0 Å². The molecule has 2 aromatic rings. The molecule has 140 valence electrons. The molecule has 2 aromatic carbocycles. The Morgan fingerprint density at radius 1 is 1.15 bits per heavy atom. The van der Waals surface area contributed by atoms with Crippen molar-refractivity contribution in [3.05, 3.63) is 63.7 Å². The van der Waals surface area contributed by atoms with Crippen molar-refractivity contribution in [3.63, 3.8) is 0 Å². The van der Waals surface area contributed by atoms with Gasteiger partial charge in [0.05, 0.1) is 16.6 Å². The normalized spacial score (nSPS) is 12.6. The van der Waals surface area contributed by atoms with E-state index in [2.05, 4.69) is 16.7 Å². The Labute approximate surface area is 161 Å². The maximum Gasteiger partial charge on any atom is 0.417 e. The van der Waals surface area contributed by atoms with Crippen LogP contribution in [0.1, 0.15) is 41.6 Å². The predicted molar refractivity (Wildman–Crippen MR) is 105 cm³/mol. The molecule has 1 unspecified atom stereocenters. The molecule has 0 saturated heterocycles. The van der Waals surface area contributed by atoms with Crippen LogP contribution in [0.4, 0.5) is 18.9 Å². The van der Waals surface area contributed by atoms with Crippen molar-refractivity contribution in [1.29, 1.82) is 0 Å². The number of thiocarbonyl (C=S) groups is 1. The lowest BCUT2D eigenvalue weighted by atomic mass is 9.98. The Kier molecular flexibility index (Phi) is 6.53. The molecule has 0 heterocycles. The predicted octanol–water partition coefficient (Wildman–Crippen LogP) is 6.41. The second-order valence-electron chi connectivity index (χ2n) is 6.11. The number of rotatable bonds is 4. The van der Waals surface area contributed by atoms with E-state index >= 15 is 0 Å². The van der Waals surface area contributed by atoms with Gasteiger partial charge in [0.2, 0.25) is 0 Å². The zero-order valence-electron chi connectivity index (χ0n) is 14.7. The van der Waals surface area contributed by atoms with Gasteiger partial charge >= 0.3 is 6.18 Å². The lowest BCUT2D eigenvalue weighted by molar-refractivity contribution is -0.137. The quantitative estimate of drug-likeness (QED) is 0.579. The van der Waals surface area contributed by atoms with E-state index < -0.39 is 11.7 Å². The van der Waals surface area contributed by atoms with E-state index in [4.69, 9.17) is 23.8 Å². The molecule has 0 bridgehead atoms. The van der Waals surface area contributed by atoms with E-state index in [0.717, 1.165) is 23.6 Å². The number of alkyl halides is 3. The van der Waals surface area contributed by atoms with Gasteiger partial charge in [-0.05, 0) is 61.8 Å². The molecule has 7 heteroatoms. The Hall–Kier alpha value is -1.79. The number of nitrogens with one attached hydrogen (secondary N) is 2. The third-order valence-corrected chi connectivity index (χ3v) is 4.59. The molecule has 0 spiro atoms. The Morgan fingerprint density at radius 2 is 1.85 bits per heavy atom. The van der Waals surface area contributed by atoms with Crippen LogP contribution in [0, 0.1) is 13.8 Å². The first-order valence-electron chi connectivity index (χ1n) is 8.13. The van der Waals surface area contributed by atoms with Crippen molar-refractivity contribution in [2.24, 2.45) is 0 Å². The van der Waals surface area contributed by atoms with Crippen LogP contribution >= 0.6 is 23.8 Å². The molecule has 2 nitrogen and oxygen atoms in total. The fourth-order valence-corrected chi connectivity index (χ4v) is 3.25. The average molecular weight is 401 g/mol. The Balaban J connectivity index is 2.14. The van der Waals surface area contributed by atoms with Gasteiger partial charge in [0, 0.05) is 5.69 Å². The second kappa shape index (κ2) is 8.27. The maximum absolute atomic E-state index is 13.0. The summed E-state index contributed by atoms with van der Waals surface area (Å²) in [5, 5.41) is 5.89. The summed E-state index contributed by atoms with van der Waals surface area (Å²) in [6.07, 6.45) is -3.74. The van der Waals surface area contributed by atoms with Crippen LogP contribution in [0.25, 0.3) is 0 Å². The summed E-state index contributed by atoms with van der Waals surface area (Å²) in [6, 6.07) is 9.74. The minimum atomic E-state index is -4.52. The zero-order chi connectivity index (χ0) is 19.5. The van der Waals surface area contributed by atoms with Gasteiger partial charge in [-0.1, -0.05) is 42.3 Å². The molecule has 0 radical (unpaired) electrons. The third-order valence-electron chi connectivity index (χ3n) is 4.04. The summed E-state index contributed by atoms with van der Waals surface area (Å²) < 4.78 is 38.9. The SMILES string of the molecule is CCC(NC(=S)Nc1ccc(Cl)c(C(F)(F)F)c1)c1ccc(C)cc1C. The first-order valence-corrected chi connectivity index (χ1v) is 8.92. The van der Waals surface area contributed by atoms with Crippen LogP contribution in [-0.4, -0.2) is 5.11 Å². The minimum absolute atomic E-state index is 0.0370. The summed E-state index contributed by atoms with van der Waals surface area (Å²) in [5.41, 5.74) is 2.75. The highest BCUT2D eigenvalue weighted by Gasteiger charge is 2.33. The van der Waals surface area contributed by atoms with Crippen molar-refractivity contribution < 1.29 is 13.2 Å². The molecule has 0 amide bonds. The first kappa shape index (κ1) is 20.5. The van der Waals surface area contributed by atoms with Crippen LogP contribution in [-0.2, 0) is 6.18 Å². The average Bonchev–Trinajstić information content (AvgIpc) is 2.54. The van der Waals surface area contributed by atoms with Crippen molar-refractivity contribution in [2.45, 2.75) is 39.4 Å². The van der Waals surface area contributed by atoms with Crippen molar-refractivity contribution in [1.82, 2.24) is 5.32 Å². The number of aryl methyl sites for hydroxylation is 2. The molecule has 0 aliphatic heterocycles. The van der Waals surface area contributed by atoms with E-state index in [0.29, 0.717) is 0 Å². The number of anilines is 1. The van der Waals surface area contributed by atoms with E-state index in [-0.39, 0.29) is 21.9 Å². The Morgan fingerprint density at radius 3 is 2.42 bits per heavy atom. The van der Waals surface area contributed by atoms with E-state index in [1.54, 1.807) is 0 Å². The minimum Gasteiger partial charge on any atom is -0.356 e. The van der Waals surface area contributed by atoms with E-state index in [9.17, 15) is 13.2 Å². The molecular formula is C19H20ClF3N2S. The van der Waals surface area contributed by atoms with E-state index in [1.807, 2.05) is 32.9 Å². The van der Waals surface area contributed by atoms with Crippen LogP contribution in [0.15, 0.2) is 36.4 Å². The van der Waals surface area contributed by atoms with Gasteiger partial charge in [-0.3, -0.25) is 0 Å². The first-order chi connectivity index (χ1) is 12.1. The molecule has 0 aliphatic rings. The van der Waals surface area contributed by atoms with Gasteiger partial charge in [0.25, 0.3) is 0 Å². The number of hydrogen-bond donors (Lipinski definition) is 2. The summed E-state index contributed by atoms with van der Waals surface area (Å²) in [7, 11) is 0. The highest BCUT2D eigenvalue weighted by molar-refractivity contribution is 7.80. The largest absolute Gasteiger partial charge is 0.417 e. The van der Waals surface area contributed by atoms with Gasteiger partial charge in [-0.25, -0.2) is 0 Å². The molecule has 0 saturated carbocycles. The molecule has 2 N–H and O–H groups in total. The number of hydrogen-bond acceptors (Lipinski definition) is 1. The Bertz CT molecular complexity index is 806.